The molecule has 176 valence electrons. The molecule has 3 aliphatic rings. The smallest absolute Gasteiger partial charge is 0.311 e. The number of ether oxygens (including phenoxy) is 2. The van der Waals surface area contributed by atoms with Crippen LogP contribution in [0.2, 0.25) is 0 Å². The Balaban J connectivity index is 1.80. The minimum Gasteiger partial charge on any atom is -0.461 e. The Kier molecular flexibility index (Phi) is 7.67. The van der Waals surface area contributed by atoms with Crippen LogP contribution in [0.3, 0.4) is 0 Å². The number of hydrogen-bond donors (Lipinski definition) is 3. The van der Waals surface area contributed by atoms with Crippen LogP contribution in [0.5, 0.6) is 0 Å². The molecule has 1 fully saturated rings. The van der Waals surface area contributed by atoms with Gasteiger partial charge in [0.05, 0.1) is 23.7 Å². The lowest BCUT2D eigenvalue weighted by Gasteiger charge is -2.45. The van der Waals surface area contributed by atoms with Crippen molar-refractivity contribution in [3.05, 3.63) is 23.3 Å². The molecule has 2 aliphatic carbocycles. The molecule has 1 aliphatic heterocycles. The molecule has 3 N–H and O–H groups in total. The van der Waals surface area contributed by atoms with Gasteiger partial charge in [0.2, 0.25) is 0 Å². The van der Waals surface area contributed by atoms with Gasteiger partial charge in [-0.3, -0.25) is 4.79 Å². The lowest BCUT2D eigenvalue weighted by molar-refractivity contribution is -0.192. The highest BCUT2D eigenvalue weighted by molar-refractivity contribution is 5.76. The fraction of sp³-hybridized carbons (Fsp3) is 0.800. The van der Waals surface area contributed by atoms with Crippen molar-refractivity contribution in [2.45, 2.75) is 104 Å². The van der Waals surface area contributed by atoms with Crippen molar-refractivity contribution in [2.75, 3.05) is 0 Å². The van der Waals surface area contributed by atoms with E-state index in [1.807, 2.05) is 40.7 Å². The Labute approximate surface area is 186 Å². The van der Waals surface area contributed by atoms with Crippen LogP contribution in [0.4, 0.5) is 0 Å². The van der Waals surface area contributed by atoms with Gasteiger partial charge in [0, 0.05) is 18.8 Å². The lowest BCUT2D eigenvalue weighted by Crippen LogP contribution is -2.45. The topological polar surface area (TPSA) is 96.2 Å². The quantitative estimate of drug-likeness (QED) is 0.552. The molecule has 0 saturated carbocycles. The summed E-state index contributed by atoms with van der Waals surface area (Å²) in [5, 5.41) is 30.5. The summed E-state index contributed by atoms with van der Waals surface area (Å²) in [4.78, 5) is 12.9. The van der Waals surface area contributed by atoms with Crippen molar-refractivity contribution in [3.63, 3.8) is 0 Å². The van der Waals surface area contributed by atoms with Gasteiger partial charge in [-0.2, -0.15) is 0 Å². The molecule has 3 rings (SSSR count). The summed E-state index contributed by atoms with van der Waals surface area (Å²) in [7, 11) is 0. The summed E-state index contributed by atoms with van der Waals surface area (Å²) < 4.78 is 11.7. The van der Waals surface area contributed by atoms with Crippen molar-refractivity contribution in [1.82, 2.24) is 0 Å². The fourth-order valence-corrected chi connectivity index (χ4v) is 5.24. The molecule has 31 heavy (non-hydrogen) atoms. The maximum Gasteiger partial charge on any atom is 0.311 e. The summed E-state index contributed by atoms with van der Waals surface area (Å²) in [5.74, 6) is -0.0216. The molecule has 0 spiro atoms. The van der Waals surface area contributed by atoms with E-state index in [1.54, 1.807) is 0 Å². The maximum atomic E-state index is 12.9. The van der Waals surface area contributed by atoms with Crippen molar-refractivity contribution in [1.29, 1.82) is 0 Å². The third-order valence-corrected chi connectivity index (χ3v) is 7.64. The van der Waals surface area contributed by atoms with Gasteiger partial charge in [-0.1, -0.05) is 31.6 Å². The molecule has 0 aromatic heterocycles. The van der Waals surface area contributed by atoms with E-state index < -0.39 is 23.9 Å². The van der Waals surface area contributed by atoms with Gasteiger partial charge >= 0.3 is 5.97 Å². The van der Waals surface area contributed by atoms with E-state index in [9.17, 15) is 20.1 Å². The summed E-state index contributed by atoms with van der Waals surface area (Å²) in [6, 6.07) is 0. The Hall–Kier alpha value is -1.21. The number of aliphatic hydroxyl groups is 3. The van der Waals surface area contributed by atoms with Crippen LogP contribution in [0.25, 0.3) is 0 Å². The molecule has 6 heteroatoms. The van der Waals surface area contributed by atoms with E-state index in [0.29, 0.717) is 25.7 Å². The van der Waals surface area contributed by atoms with E-state index >= 15 is 0 Å². The molecule has 0 radical (unpaired) electrons. The third kappa shape index (κ3) is 5.59. The molecular weight excluding hydrogens is 396 g/mol. The third-order valence-electron chi connectivity index (χ3n) is 7.64. The first-order chi connectivity index (χ1) is 14.5. The van der Waals surface area contributed by atoms with Crippen LogP contribution in [-0.2, 0) is 14.3 Å². The number of aliphatic hydroxyl groups excluding tert-OH is 3. The normalized spacial score (nSPS) is 38.7. The average Bonchev–Trinajstić information content (AvgIpc) is 2.67. The highest BCUT2D eigenvalue weighted by Gasteiger charge is 2.45. The predicted molar refractivity (Wildman–Crippen MR) is 118 cm³/mol. The highest BCUT2D eigenvalue weighted by Crippen LogP contribution is 2.46. The first kappa shape index (κ1) is 24.4. The van der Waals surface area contributed by atoms with Crippen LogP contribution < -0.4 is 0 Å². The second kappa shape index (κ2) is 9.74. The second-order valence-electron chi connectivity index (χ2n) is 10.5. The minimum atomic E-state index is -0.927. The minimum absolute atomic E-state index is 0.0133. The average molecular weight is 437 g/mol. The Morgan fingerprint density at radius 1 is 1.23 bits per heavy atom. The first-order valence-electron chi connectivity index (χ1n) is 11.8. The van der Waals surface area contributed by atoms with Gasteiger partial charge in [-0.15, -0.1) is 0 Å². The molecule has 1 saturated heterocycles. The molecule has 0 bridgehead atoms. The van der Waals surface area contributed by atoms with Gasteiger partial charge in [0.15, 0.2) is 6.29 Å². The van der Waals surface area contributed by atoms with E-state index in [1.165, 1.54) is 0 Å². The van der Waals surface area contributed by atoms with Gasteiger partial charge in [0.1, 0.15) is 6.10 Å². The second-order valence-corrected chi connectivity index (χ2v) is 10.5. The largest absolute Gasteiger partial charge is 0.461 e. The van der Waals surface area contributed by atoms with Crippen molar-refractivity contribution in [3.8, 4) is 0 Å². The molecule has 6 nitrogen and oxygen atoms in total. The van der Waals surface area contributed by atoms with E-state index in [-0.39, 0.29) is 42.4 Å². The molecular formula is C25H40O6. The van der Waals surface area contributed by atoms with E-state index in [0.717, 1.165) is 17.6 Å². The standard InChI is InChI=1S/C25H40O6/c1-6-25(4,5)24(29)31-21-10-14(2)9-16-11-20(27)15(3)19(23(16)21)8-7-18-12-17(26)13-22(28)30-18/h9,11,15,17-23,26-28H,6-8,10,12-13H2,1-5H3. The van der Waals surface area contributed by atoms with Gasteiger partial charge < -0.3 is 24.8 Å². The van der Waals surface area contributed by atoms with Crippen LogP contribution in [-0.4, -0.2) is 52.0 Å². The number of fused-ring (bicyclic) bond motifs is 1. The Morgan fingerprint density at radius 3 is 2.58 bits per heavy atom. The first-order valence-corrected chi connectivity index (χ1v) is 11.8. The zero-order valence-corrected chi connectivity index (χ0v) is 19.6. The summed E-state index contributed by atoms with van der Waals surface area (Å²) in [6.45, 7) is 9.92. The van der Waals surface area contributed by atoms with Crippen molar-refractivity contribution >= 4 is 5.97 Å². The van der Waals surface area contributed by atoms with Gasteiger partial charge in [0.25, 0.3) is 0 Å². The number of esters is 1. The number of carbonyl (C=O) groups is 1. The molecule has 0 aromatic carbocycles. The number of carbonyl (C=O) groups excluding carboxylic acids is 1. The number of rotatable bonds is 6. The van der Waals surface area contributed by atoms with Crippen molar-refractivity contribution in [2.24, 2.45) is 23.2 Å². The zero-order valence-electron chi connectivity index (χ0n) is 19.6. The molecule has 1 heterocycles. The SMILES string of the molecule is CCC(C)(C)C(=O)OC1CC(C)=CC2=CC(O)C(C)C(CCC3CC(O)CC(O)O3)C21. The molecule has 0 amide bonds. The van der Waals surface area contributed by atoms with E-state index in [2.05, 4.69) is 6.08 Å². The van der Waals surface area contributed by atoms with Crippen molar-refractivity contribution < 1.29 is 29.6 Å². The number of hydrogen-bond acceptors (Lipinski definition) is 6. The zero-order chi connectivity index (χ0) is 22.9. The monoisotopic (exact) mass is 436 g/mol. The molecule has 0 aromatic rings. The van der Waals surface area contributed by atoms with E-state index in [4.69, 9.17) is 9.47 Å². The lowest BCUT2D eigenvalue weighted by atomic mass is 9.64. The summed E-state index contributed by atoms with van der Waals surface area (Å²) in [6.07, 6.45) is 5.18. The Bertz CT molecular complexity index is 701. The van der Waals surface area contributed by atoms with Gasteiger partial charge in [-0.25, -0.2) is 0 Å². The van der Waals surface area contributed by atoms with Gasteiger partial charge in [-0.05, 0) is 63.9 Å². The van der Waals surface area contributed by atoms with Crippen LogP contribution in [0.1, 0.15) is 73.1 Å². The van der Waals surface area contributed by atoms with Crippen LogP contribution >= 0.6 is 0 Å². The fourth-order valence-electron chi connectivity index (χ4n) is 5.24. The predicted octanol–water partition coefficient (Wildman–Crippen LogP) is 3.49. The van der Waals surface area contributed by atoms with Crippen LogP contribution in [0, 0.1) is 23.2 Å². The number of allylic oxidation sites excluding steroid dienone is 1. The summed E-state index contributed by atoms with van der Waals surface area (Å²) in [5.41, 5.74) is 1.67. The maximum absolute atomic E-state index is 12.9. The molecule has 8 atom stereocenters. The Morgan fingerprint density at radius 2 is 1.94 bits per heavy atom. The van der Waals surface area contributed by atoms with Crippen LogP contribution in [0.15, 0.2) is 23.3 Å². The highest BCUT2D eigenvalue weighted by atomic mass is 16.6. The molecule has 8 unspecified atom stereocenters. The summed E-state index contributed by atoms with van der Waals surface area (Å²) >= 11 is 0.